The molecule has 7 aromatic carbocycles. The van der Waals surface area contributed by atoms with Gasteiger partial charge < -0.3 is 8.98 Å². The van der Waals surface area contributed by atoms with Crippen LogP contribution >= 0.6 is 0 Å². The van der Waals surface area contributed by atoms with Gasteiger partial charge in [-0.15, -0.1) is 0 Å². The molecule has 3 heteroatoms. The summed E-state index contributed by atoms with van der Waals surface area (Å²) >= 11 is 0. The molecule has 0 atom stereocenters. The summed E-state index contributed by atoms with van der Waals surface area (Å²) in [5.41, 5.74) is 9.95. The molecule has 0 N–H and O–H groups in total. The minimum Gasteiger partial charge on any atom is -0.422 e. The van der Waals surface area contributed by atoms with Gasteiger partial charge in [0.1, 0.15) is 5.58 Å². The molecule has 0 bridgehead atoms. The molecule has 9 aromatic rings. The van der Waals surface area contributed by atoms with E-state index in [-0.39, 0.29) is 5.63 Å². The van der Waals surface area contributed by atoms with Gasteiger partial charge in [-0.05, 0) is 82.4 Å². The maximum Gasteiger partial charge on any atom is 0.344 e. The molecule has 0 radical (unpaired) electrons. The van der Waals surface area contributed by atoms with Gasteiger partial charge in [-0.3, -0.25) is 0 Å². The quantitative estimate of drug-likeness (QED) is 0.151. The highest BCUT2D eigenvalue weighted by Gasteiger charge is 2.17. The topological polar surface area (TPSA) is 35.1 Å². The molecule has 0 amide bonds. The van der Waals surface area contributed by atoms with E-state index in [0.717, 1.165) is 55.4 Å². The molecule has 0 spiro atoms. The number of benzene rings is 7. The van der Waals surface area contributed by atoms with E-state index >= 15 is 0 Å². The zero-order valence-electron chi connectivity index (χ0n) is 24.9. The van der Waals surface area contributed by atoms with Gasteiger partial charge in [-0.25, -0.2) is 4.79 Å². The van der Waals surface area contributed by atoms with Crippen LogP contribution in [0.3, 0.4) is 0 Å². The Bertz CT molecular complexity index is 2630. The average Bonchev–Trinajstić information content (AvgIpc) is 3.46. The minimum absolute atomic E-state index is 0.333. The highest BCUT2D eigenvalue weighted by molar-refractivity contribution is 6.13. The molecule has 2 aromatic heterocycles. The second kappa shape index (κ2) is 10.5. The van der Waals surface area contributed by atoms with Crippen molar-refractivity contribution in [2.45, 2.75) is 0 Å². The second-order valence-corrected chi connectivity index (χ2v) is 11.7. The van der Waals surface area contributed by atoms with E-state index in [1.54, 1.807) is 0 Å². The SMILES string of the molecule is O=c1oc2c(-c3ccccc3)cc(-c3ccccc3)cc2c2cc(-c3ccc4c(c3)c3ccccc3n4-c3ccccc3)ccc12. The first-order chi connectivity index (χ1) is 22.7. The molecule has 0 aliphatic heterocycles. The van der Waals surface area contributed by atoms with Gasteiger partial charge in [0.25, 0.3) is 0 Å². The van der Waals surface area contributed by atoms with E-state index in [9.17, 15) is 4.79 Å². The number of rotatable bonds is 4. The monoisotopic (exact) mass is 589 g/mol. The molecule has 9 rings (SSSR count). The lowest BCUT2D eigenvalue weighted by molar-refractivity contribution is 0.570. The highest BCUT2D eigenvalue weighted by atomic mass is 16.4. The van der Waals surface area contributed by atoms with Gasteiger partial charge in [0.05, 0.1) is 16.4 Å². The van der Waals surface area contributed by atoms with Crippen LogP contribution in [-0.2, 0) is 0 Å². The van der Waals surface area contributed by atoms with E-state index in [2.05, 4.69) is 114 Å². The predicted octanol–water partition coefficient (Wildman–Crippen LogP) is 11.0. The lowest BCUT2D eigenvalue weighted by Crippen LogP contribution is -2.01. The van der Waals surface area contributed by atoms with Crippen molar-refractivity contribution in [2.75, 3.05) is 0 Å². The Morgan fingerprint density at radius 2 is 0.978 bits per heavy atom. The van der Waals surface area contributed by atoms with E-state index in [1.807, 2.05) is 54.6 Å². The van der Waals surface area contributed by atoms with E-state index in [0.29, 0.717) is 11.0 Å². The van der Waals surface area contributed by atoms with Gasteiger partial charge >= 0.3 is 5.63 Å². The second-order valence-electron chi connectivity index (χ2n) is 11.7. The molecular weight excluding hydrogens is 562 g/mol. The fraction of sp³-hybridized carbons (Fsp3) is 0. The summed E-state index contributed by atoms with van der Waals surface area (Å²) < 4.78 is 8.41. The number of nitrogens with zero attached hydrogens (tertiary/aromatic N) is 1. The Morgan fingerprint density at radius 1 is 0.391 bits per heavy atom. The van der Waals surface area contributed by atoms with Crippen molar-refractivity contribution in [1.29, 1.82) is 0 Å². The summed E-state index contributed by atoms with van der Waals surface area (Å²) in [5, 5.41) is 4.76. The van der Waals surface area contributed by atoms with Crippen molar-refractivity contribution >= 4 is 43.5 Å². The van der Waals surface area contributed by atoms with Crippen LogP contribution in [0.15, 0.2) is 173 Å². The van der Waals surface area contributed by atoms with Gasteiger partial charge in [0.2, 0.25) is 0 Å². The predicted molar refractivity (Wildman–Crippen MR) is 191 cm³/mol. The van der Waals surface area contributed by atoms with Crippen LogP contribution in [0.4, 0.5) is 0 Å². The Balaban J connectivity index is 1.30. The third-order valence-corrected chi connectivity index (χ3v) is 9.03. The van der Waals surface area contributed by atoms with Crippen LogP contribution in [0.1, 0.15) is 0 Å². The zero-order chi connectivity index (χ0) is 30.6. The van der Waals surface area contributed by atoms with Crippen molar-refractivity contribution in [2.24, 2.45) is 0 Å². The summed E-state index contributed by atoms with van der Waals surface area (Å²) in [7, 11) is 0. The van der Waals surface area contributed by atoms with Gasteiger partial charge in [0, 0.05) is 32.8 Å². The van der Waals surface area contributed by atoms with Crippen molar-refractivity contribution in [3.05, 3.63) is 174 Å². The van der Waals surface area contributed by atoms with E-state index in [1.165, 1.54) is 16.3 Å². The largest absolute Gasteiger partial charge is 0.422 e. The Kier molecular flexibility index (Phi) is 5.97. The Labute approximate surface area is 265 Å². The Hall–Kier alpha value is -6.19. The molecule has 0 saturated heterocycles. The molecule has 0 unspecified atom stereocenters. The fourth-order valence-electron chi connectivity index (χ4n) is 6.85. The number of para-hydroxylation sites is 2. The van der Waals surface area contributed by atoms with E-state index in [4.69, 9.17) is 4.42 Å². The maximum atomic E-state index is 13.5. The van der Waals surface area contributed by atoms with Crippen LogP contribution in [0, 0.1) is 0 Å². The Morgan fingerprint density at radius 3 is 1.74 bits per heavy atom. The molecule has 216 valence electrons. The molecule has 46 heavy (non-hydrogen) atoms. The highest BCUT2D eigenvalue weighted by Crippen LogP contribution is 2.39. The number of fused-ring (bicyclic) bond motifs is 6. The molecule has 3 nitrogen and oxygen atoms in total. The first-order valence-corrected chi connectivity index (χ1v) is 15.5. The molecule has 0 fully saturated rings. The van der Waals surface area contributed by atoms with Crippen molar-refractivity contribution in [1.82, 2.24) is 4.57 Å². The summed E-state index contributed by atoms with van der Waals surface area (Å²) in [6.07, 6.45) is 0. The van der Waals surface area contributed by atoms with Crippen molar-refractivity contribution in [3.63, 3.8) is 0 Å². The molecule has 0 aliphatic carbocycles. The van der Waals surface area contributed by atoms with Gasteiger partial charge in [-0.1, -0.05) is 109 Å². The van der Waals surface area contributed by atoms with Gasteiger partial charge in [0.15, 0.2) is 0 Å². The van der Waals surface area contributed by atoms with Crippen molar-refractivity contribution in [3.8, 4) is 39.1 Å². The first kappa shape index (κ1) is 26.2. The van der Waals surface area contributed by atoms with Crippen molar-refractivity contribution < 1.29 is 4.42 Å². The smallest absolute Gasteiger partial charge is 0.344 e. The van der Waals surface area contributed by atoms with Crippen LogP contribution in [0.5, 0.6) is 0 Å². The lowest BCUT2D eigenvalue weighted by atomic mass is 9.93. The molecule has 2 heterocycles. The number of hydrogen-bond donors (Lipinski definition) is 0. The first-order valence-electron chi connectivity index (χ1n) is 15.5. The maximum absolute atomic E-state index is 13.5. The molecule has 0 aliphatic rings. The minimum atomic E-state index is -0.333. The standard InChI is InChI=1S/C43H27NO2/c45-43-35-22-20-30(31-21-23-41-38(25-31)34-18-10-11-19-40(34)44(41)33-16-8-3-9-17-33)24-37(35)39-27-32(28-12-4-1-5-13-28)26-36(42(39)46-43)29-14-6-2-7-15-29/h1-27H. The third-order valence-electron chi connectivity index (χ3n) is 9.03. The summed E-state index contributed by atoms with van der Waals surface area (Å²) in [6, 6.07) is 56.6. The van der Waals surface area contributed by atoms with Crippen LogP contribution in [0.25, 0.3) is 82.6 Å². The number of hydrogen-bond acceptors (Lipinski definition) is 2. The normalized spacial score (nSPS) is 11.6. The molecular formula is C43H27NO2. The van der Waals surface area contributed by atoms with Crippen LogP contribution < -0.4 is 5.63 Å². The zero-order valence-corrected chi connectivity index (χ0v) is 24.9. The van der Waals surface area contributed by atoms with Crippen LogP contribution in [-0.4, -0.2) is 4.57 Å². The summed E-state index contributed by atoms with van der Waals surface area (Å²) in [5.74, 6) is 0. The summed E-state index contributed by atoms with van der Waals surface area (Å²) in [4.78, 5) is 13.5. The number of aromatic nitrogens is 1. The fourth-order valence-corrected chi connectivity index (χ4v) is 6.85. The van der Waals surface area contributed by atoms with Gasteiger partial charge in [-0.2, -0.15) is 0 Å². The average molecular weight is 590 g/mol. The third kappa shape index (κ3) is 4.17. The van der Waals surface area contributed by atoms with E-state index < -0.39 is 0 Å². The molecule has 0 saturated carbocycles. The van der Waals surface area contributed by atoms with Crippen LogP contribution in [0.2, 0.25) is 0 Å². The lowest BCUT2D eigenvalue weighted by Gasteiger charge is -2.13. The summed E-state index contributed by atoms with van der Waals surface area (Å²) in [6.45, 7) is 0.